The Labute approximate surface area is 211 Å². The van der Waals surface area contributed by atoms with Crippen molar-refractivity contribution in [1.29, 1.82) is 0 Å². The van der Waals surface area contributed by atoms with Crippen molar-refractivity contribution in [2.45, 2.75) is 26.2 Å². The number of allylic oxidation sites excluding steroid dienone is 2. The average Bonchev–Trinajstić information content (AvgIpc) is 3.11. The lowest BCUT2D eigenvalue weighted by molar-refractivity contribution is 0.0516. The summed E-state index contributed by atoms with van der Waals surface area (Å²) in [5.41, 5.74) is 10.8. The number of nitrogen functional groups attached to an aromatic ring is 1. The maximum absolute atomic E-state index is 13.0. The quantitative estimate of drug-likeness (QED) is 0.317. The van der Waals surface area contributed by atoms with Crippen LogP contribution in [0.15, 0.2) is 43.0 Å². The summed E-state index contributed by atoms with van der Waals surface area (Å²) < 4.78 is 12.8. The fourth-order valence-electron chi connectivity index (χ4n) is 4.66. The largest absolute Gasteiger partial charge is 0.461 e. The van der Waals surface area contributed by atoms with Crippen LogP contribution in [0.4, 0.5) is 11.6 Å². The Hall–Kier alpha value is -3.98. The number of rotatable bonds is 6. The number of aryl methyl sites for hydroxylation is 1. The third kappa shape index (κ3) is 4.49. The number of carbonyl (C=O) groups excluding carboxylic acids is 1. The first-order chi connectivity index (χ1) is 17.6. The summed E-state index contributed by atoms with van der Waals surface area (Å²) in [6, 6.07) is 7.52. The van der Waals surface area contributed by atoms with Crippen LogP contribution in [0.25, 0.3) is 23.4 Å². The van der Waals surface area contributed by atoms with Gasteiger partial charge >= 0.3 is 5.97 Å². The summed E-state index contributed by atoms with van der Waals surface area (Å²) in [5.74, 6) is 0.959. The first-order valence-corrected chi connectivity index (χ1v) is 12.3. The standard InChI is InChI=1S/C27H30N6O3.H2/c1-3-19-20(10-8-11-21(19)28)24-29-26(32-13-15-35-16-14-32)31-27(30-24)33-22-12-7-5-6-9-18(22)17-23(33)25(34)36-4-2;/h3,5,7-8,10-11,17H,1,4,6,9,12-16,28H2,2H3;1H. The Morgan fingerprint density at radius 1 is 1.22 bits per heavy atom. The van der Waals surface area contributed by atoms with Gasteiger partial charge in [-0.2, -0.15) is 15.0 Å². The number of aromatic nitrogens is 4. The van der Waals surface area contributed by atoms with Crippen molar-refractivity contribution in [2.75, 3.05) is 43.5 Å². The summed E-state index contributed by atoms with van der Waals surface area (Å²) in [6.07, 6.45) is 8.39. The number of carbonyl (C=O) groups is 1. The molecule has 188 valence electrons. The highest BCUT2D eigenvalue weighted by Gasteiger charge is 2.26. The second kappa shape index (κ2) is 10.3. The molecule has 1 fully saturated rings. The Kier molecular flexibility index (Phi) is 6.81. The normalized spacial score (nSPS) is 15.3. The lowest BCUT2D eigenvalue weighted by atomic mass is 10.0. The number of fused-ring (bicyclic) bond motifs is 1. The second-order valence-corrected chi connectivity index (χ2v) is 8.64. The predicted octanol–water partition coefficient (Wildman–Crippen LogP) is 3.86. The number of morpholine rings is 1. The molecule has 0 bridgehead atoms. The van der Waals surface area contributed by atoms with Crippen LogP contribution in [0.5, 0.6) is 0 Å². The third-order valence-corrected chi connectivity index (χ3v) is 6.43. The van der Waals surface area contributed by atoms with Gasteiger partial charge in [0.15, 0.2) is 5.82 Å². The SMILES string of the molecule is C=Cc1c(N)cccc1-c1nc(N2CCOCC2)nc(-n2c(C(=O)OCC)cc3c2CC=CCC3)n1.[HH]. The van der Waals surface area contributed by atoms with E-state index in [0.29, 0.717) is 61.8 Å². The molecule has 0 saturated carbocycles. The Balaban J connectivity index is 0.00000320. The van der Waals surface area contributed by atoms with Gasteiger partial charge in [0.25, 0.3) is 0 Å². The van der Waals surface area contributed by atoms with Gasteiger partial charge in [-0.1, -0.05) is 36.9 Å². The van der Waals surface area contributed by atoms with Crippen molar-refractivity contribution in [2.24, 2.45) is 0 Å². The fourth-order valence-corrected chi connectivity index (χ4v) is 4.66. The first kappa shape index (κ1) is 23.7. The molecule has 1 aliphatic heterocycles. The van der Waals surface area contributed by atoms with Crippen LogP contribution in [0, 0.1) is 0 Å². The molecule has 3 heterocycles. The highest BCUT2D eigenvalue weighted by molar-refractivity contribution is 5.89. The van der Waals surface area contributed by atoms with E-state index in [0.717, 1.165) is 35.2 Å². The van der Waals surface area contributed by atoms with E-state index < -0.39 is 5.97 Å². The van der Waals surface area contributed by atoms with Crippen LogP contribution in [-0.4, -0.2) is 58.4 Å². The van der Waals surface area contributed by atoms with Crippen molar-refractivity contribution < 1.29 is 15.7 Å². The van der Waals surface area contributed by atoms with Crippen molar-refractivity contribution in [1.82, 2.24) is 19.5 Å². The molecule has 9 heteroatoms. The molecule has 0 unspecified atom stereocenters. The third-order valence-electron chi connectivity index (χ3n) is 6.43. The van der Waals surface area contributed by atoms with Crippen LogP contribution in [0.1, 0.15) is 42.1 Å². The molecule has 1 saturated heterocycles. The van der Waals surface area contributed by atoms with Gasteiger partial charge in [-0.25, -0.2) is 4.79 Å². The highest BCUT2D eigenvalue weighted by Crippen LogP contribution is 2.30. The van der Waals surface area contributed by atoms with E-state index in [1.807, 2.05) is 28.8 Å². The molecule has 0 amide bonds. The fraction of sp³-hybridized carbons (Fsp3) is 0.333. The van der Waals surface area contributed by atoms with E-state index in [9.17, 15) is 4.79 Å². The monoisotopic (exact) mass is 488 g/mol. The topological polar surface area (TPSA) is 108 Å². The predicted molar refractivity (Wildman–Crippen MR) is 141 cm³/mol. The van der Waals surface area contributed by atoms with Gasteiger partial charge in [0.2, 0.25) is 11.9 Å². The number of nitrogens with zero attached hydrogens (tertiary/aromatic N) is 5. The lowest BCUT2D eigenvalue weighted by Crippen LogP contribution is -2.37. The van der Waals surface area contributed by atoms with E-state index in [2.05, 4.69) is 23.6 Å². The van der Waals surface area contributed by atoms with E-state index in [-0.39, 0.29) is 8.03 Å². The number of hydrogen-bond donors (Lipinski definition) is 1. The van der Waals surface area contributed by atoms with Crippen LogP contribution >= 0.6 is 0 Å². The van der Waals surface area contributed by atoms with E-state index in [1.54, 1.807) is 13.0 Å². The lowest BCUT2D eigenvalue weighted by Gasteiger charge is -2.27. The maximum Gasteiger partial charge on any atom is 0.355 e. The van der Waals surface area contributed by atoms with Gasteiger partial charge in [-0.15, -0.1) is 0 Å². The van der Waals surface area contributed by atoms with Gasteiger partial charge < -0.3 is 20.1 Å². The Bertz CT molecular complexity index is 1330. The number of nitrogens with two attached hydrogens (primary N) is 1. The number of anilines is 2. The Morgan fingerprint density at radius 3 is 2.81 bits per heavy atom. The summed E-state index contributed by atoms with van der Waals surface area (Å²) in [7, 11) is 0. The van der Waals surface area contributed by atoms with Gasteiger partial charge in [-0.05, 0) is 37.5 Å². The number of ether oxygens (including phenoxy) is 2. The number of benzene rings is 1. The van der Waals surface area contributed by atoms with E-state index >= 15 is 0 Å². The first-order valence-electron chi connectivity index (χ1n) is 12.3. The zero-order valence-corrected chi connectivity index (χ0v) is 20.4. The van der Waals surface area contributed by atoms with Crippen LogP contribution in [0.3, 0.4) is 0 Å². The zero-order valence-electron chi connectivity index (χ0n) is 20.4. The van der Waals surface area contributed by atoms with Crippen molar-refractivity contribution in [3.63, 3.8) is 0 Å². The number of esters is 1. The molecular weight excluding hydrogens is 456 g/mol. The van der Waals surface area contributed by atoms with Crippen molar-refractivity contribution in [3.8, 4) is 17.3 Å². The van der Waals surface area contributed by atoms with Crippen LogP contribution in [0.2, 0.25) is 0 Å². The van der Waals surface area contributed by atoms with E-state index in [4.69, 9.17) is 30.2 Å². The van der Waals surface area contributed by atoms with Crippen LogP contribution < -0.4 is 10.6 Å². The molecule has 36 heavy (non-hydrogen) atoms. The Morgan fingerprint density at radius 2 is 2.03 bits per heavy atom. The minimum Gasteiger partial charge on any atom is -0.461 e. The minimum atomic E-state index is -0.403. The molecule has 0 spiro atoms. The molecule has 3 aromatic rings. The summed E-state index contributed by atoms with van der Waals surface area (Å²) in [4.78, 5) is 29.7. The second-order valence-electron chi connectivity index (χ2n) is 8.64. The molecule has 2 N–H and O–H groups in total. The maximum atomic E-state index is 13.0. The summed E-state index contributed by atoms with van der Waals surface area (Å²) in [6.45, 7) is 8.51. The molecule has 1 aromatic carbocycles. The minimum absolute atomic E-state index is 0. The molecule has 0 radical (unpaired) electrons. The summed E-state index contributed by atoms with van der Waals surface area (Å²) >= 11 is 0. The zero-order chi connectivity index (χ0) is 25.1. The van der Waals surface area contributed by atoms with E-state index in [1.165, 1.54) is 0 Å². The smallest absolute Gasteiger partial charge is 0.355 e. The van der Waals surface area contributed by atoms with Gasteiger partial charge in [0, 0.05) is 43.4 Å². The van der Waals surface area contributed by atoms with Crippen molar-refractivity contribution >= 4 is 23.7 Å². The molecule has 0 atom stereocenters. The summed E-state index contributed by atoms with van der Waals surface area (Å²) in [5, 5.41) is 0. The average molecular weight is 489 g/mol. The molecule has 2 aromatic heterocycles. The van der Waals surface area contributed by atoms with Crippen molar-refractivity contribution in [3.05, 3.63) is 65.5 Å². The van der Waals surface area contributed by atoms with Crippen LogP contribution in [-0.2, 0) is 22.3 Å². The molecule has 2 aliphatic rings. The molecule has 5 rings (SSSR count). The van der Waals surface area contributed by atoms with Gasteiger partial charge in [-0.3, -0.25) is 4.57 Å². The number of hydrogen-bond acceptors (Lipinski definition) is 8. The van der Waals surface area contributed by atoms with Gasteiger partial charge in [0.1, 0.15) is 5.69 Å². The van der Waals surface area contributed by atoms with Gasteiger partial charge in [0.05, 0.1) is 19.8 Å². The molecular formula is C27H32N6O3. The molecule has 1 aliphatic carbocycles. The molecule has 9 nitrogen and oxygen atoms in total. The highest BCUT2D eigenvalue weighted by atomic mass is 16.5.